The number of para-hydroxylation sites is 1. The van der Waals surface area contributed by atoms with E-state index in [2.05, 4.69) is 50.6 Å². The van der Waals surface area contributed by atoms with Crippen LogP contribution in [0.2, 0.25) is 0 Å². The number of H-pyrrole nitrogens is 1. The normalized spacial score (nSPS) is 16.5. The van der Waals surface area contributed by atoms with Crippen LogP contribution in [0.4, 0.5) is 16.4 Å². The van der Waals surface area contributed by atoms with Crippen molar-refractivity contribution in [1.82, 2.24) is 20.2 Å². The van der Waals surface area contributed by atoms with Gasteiger partial charge in [-0.15, -0.1) is 0 Å². The smallest absolute Gasteiger partial charge is 0.322 e. The summed E-state index contributed by atoms with van der Waals surface area (Å²) in [5.41, 5.74) is 2.60. The number of aromatic nitrogens is 2. The van der Waals surface area contributed by atoms with Crippen LogP contribution in [0.25, 0.3) is 21.8 Å². The van der Waals surface area contributed by atoms with E-state index in [1.807, 2.05) is 53.4 Å². The minimum absolute atomic E-state index is 0.0300. The maximum absolute atomic E-state index is 13.1. The fourth-order valence-corrected chi connectivity index (χ4v) is 4.18. The molecule has 157 valence electrons. The lowest BCUT2D eigenvalue weighted by Crippen LogP contribution is -2.60. The third-order valence-corrected chi connectivity index (χ3v) is 5.76. The highest BCUT2D eigenvalue weighted by Crippen LogP contribution is 2.24. The lowest BCUT2D eigenvalue weighted by Gasteiger charge is -2.39. The van der Waals surface area contributed by atoms with Gasteiger partial charge in [0.2, 0.25) is 5.95 Å². The topological polar surface area (TPSA) is 76.3 Å². The Hall–Kier alpha value is -3.58. The molecule has 2 amide bonds. The predicted molar refractivity (Wildman–Crippen MR) is 124 cm³/mol. The number of urea groups is 1. The van der Waals surface area contributed by atoms with Crippen molar-refractivity contribution < 1.29 is 4.79 Å². The zero-order valence-corrected chi connectivity index (χ0v) is 17.4. The van der Waals surface area contributed by atoms with Crippen molar-refractivity contribution in [1.29, 1.82) is 0 Å². The fourth-order valence-electron chi connectivity index (χ4n) is 4.18. The molecule has 7 nitrogen and oxygen atoms in total. The summed E-state index contributed by atoms with van der Waals surface area (Å²) in [5, 5.41) is 8.78. The number of hydrogen-bond donors (Lipinski definition) is 3. The van der Waals surface area contributed by atoms with Gasteiger partial charge < -0.3 is 20.1 Å². The quantitative estimate of drug-likeness (QED) is 0.476. The van der Waals surface area contributed by atoms with Crippen LogP contribution in [-0.2, 0) is 0 Å². The molecule has 0 saturated carbocycles. The lowest BCUT2D eigenvalue weighted by molar-refractivity contribution is 0.188. The number of aromatic amines is 1. The van der Waals surface area contributed by atoms with Crippen molar-refractivity contribution in [3.63, 3.8) is 0 Å². The summed E-state index contributed by atoms with van der Waals surface area (Å²) < 4.78 is 0. The fraction of sp³-hybridized carbons (Fsp3) is 0.250. The van der Waals surface area contributed by atoms with Crippen LogP contribution in [0.5, 0.6) is 0 Å². The van der Waals surface area contributed by atoms with Gasteiger partial charge in [-0.2, -0.15) is 0 Å². The highest BCUT2D eigenvalue weighted by atomic mass is 16.2. The Kier molecular flexibility index (Phi) is 5.18. The van der Waals surface area contributed by atoms with E-state index in [0.717, 1.165) is 46.5 Å². The zero-order chi connectivity index (χ0) is 21.2. The van der Waals surface area contributed by atoms with E-state index < -0.39 is 0 Å². The van der Waals surface area contributed by atoms with Gasteiger partial charge in [0.05, 0.1) is 23.3 Å². The van der Waals surface area contributed by atoms with Gasteiger partial charge >= 0.3 is 6.03 Å². The number of likely N-dealkylation sites (N-methyl/N-ethyl adjacent to an activating group) is 1. The van der Waals surface area contributed by atoms with Gasteiger partial charge in [0, 0.05) is 31.1 Å². The molecule has 0 bridgehead atoms. The number of benzene rings is 3. The third-order valence-electron chi connectivity index (χ3n) is 5.76. The molecular formula is C24H25N6O. The van der Waals surface area contributed by atoms with Crippen LogP contribution in [0.15, 0.2) is 60.7 Å². The Morgan fingerprint density at radius 3 is 2.97 bits per heavy atom. The molecule has 4 aromatic rings. The van der Waals surface area contributed by atoms with E-state index in [1.54, 1.807) is 0 Å². The van der Waals surface area contributed by atoms with Crippen LogP contribution in [-0.4, -0.2) is 53.2 Å². The standard InChI is InChI=1S/C24H25N6O/c1-2-30(23-26-20-11-5-6-12-21(20)27-23)22-16-29(15-14-25-22)24(31)28-19-13-7-9-17-8-3-4-10-18(17)19/h3-11,13,22,25H,2,14-16H2,1H3,(H,26,27)(H,28,31). The first-order chi connectivity index (χ1) is 15.2. The number of nitrogens with one attached hydrogen (secondary N) is 3. The van der Waals surface area contributed by atoms with E-state index >= 15 is 0 Å². The van der Waals surface area contributed by atoms with Crippen molar-refractivity contribution in [2.24, 2.45) is 0 Å². The minimum Gasteiger partial charge on any atom is -0.325 e. The number of anilines is 2. The molecular weight excluding hydrogens is 388 g/mol. The number of imidazole rings is 1. The first kappa shape index (κ1) is 19.4. The second kappa shape index (κ2) is 8.28. The van der Waals surface area contributed by atoms with Crippen LogP contribution in [0.1, 0.15) is 6.92 Å². The number of fused-ring (bicyclic) bond motifs is 2. The number of hydrogen-bond acceptors (Lipinski definition) is 4. The molecule has 5 rings (SSSR count). The van der Waals surface area contributed by atoms with Gasteiger partial charge in [-0.3, -0.25) is 5.32 Å². The number of piperazine rings is 1. The highest BCUT2D eigenvalue weighted by molar-refractivity contribution is 6.01. The number of rotatable bonds is 4. The van der Waals surface area contributed by atoms with Gasteiger partial charge in [-0.1, -0.05) is 48.5 Å². The Morgan fingerprint density at radius 1 is 1.23 bits per heavy atom. The molecule has 1 fully saturated rings. The van der Waals surface area contributed by atoms with Crippen LogP contribution in [0.3, 0.4) is 0 Å². The highest BCUT2D eigenvalue weighted by Gasteiger charge is 2.28. The molecule has 0 aliphatic carbocycles. The van der Waals surface area contributed by atoms with Crippen molar-refractivity contribution in [3.8, 4) is 0 Å². The number of carbonyl (C=O) groups is 1. The maximum atomic E-state index is 13.1. The summed E-state index contributed by atoms with van der Waals surface area (Å²) in [6, 6.07) is 22.9. The molecule has 1 atom stereocenters. The van der Waals surface area contributed by atoms with Crippen LogP contribution in [0, 0.1) is 6.07 Å². The molecule has 7 heteroatoms. The van der Waals surface area contributed by atoms with E-state index in [1.165, 1.54) is 0 Å². The molecule has 1 radical (unpaired) electrons. The summed E-state index contributed by atoms with van der Waals surface area (Å²) in [5.74, 6) is 0.786. The second-order valence-electron chi connectivity index (χ2n) is 7.65. The summed E-state index contributed by atoms with van der Waals surface area (Å²) in [4.78, 5) is 25.2. The number of nitrogens with zero attached hydrogens (tertiary/aromatic N) is 3. The van der Waals surface area contributed by atoms with Crippen LogP contribution < -0.4 is 15.5 Å². The van der Waals surface area contributed by atoms with Gasteiger partial charge in [0.1, 0.15) is 6.17 Å². The summed E-state index contributed by atoms with van der Waals surface area (Å²) in [7, 11) is 0. The average Bonchev–Trinajstić information content (AvgIpc) is 3.24. The molecule has 1 aromatic heterocycles. The summed E-state index contributed by atoms with van der Waals surface area (Å²) in [6.07, 6.45) is -0.0300. The van der Waals surface area contributed by atoms with E-state index in [9.17, 15) is 4.79 Å². The molecule has 1 saturated heterocycles. The first-order valence-corrected chi connectivity index (χ1v) is 10.6. The molecule has 3 N–H and O–H groups in total. The van der Waals surface area contributed by atoms with E-state index in [0.29, 0.717) is 13.1 Å². The molecule has 0 spiro atoms. The first-order valence-electron chi connectivity index (χ1n) is 10.6. The molecule has 1 aliphatic heterocycles. The van der Waals surface area contributed by atoms with Crippen molar-refractivity contribution in [2.75, 3.05) is 36.4 Å². The largest absolute Gasteiger partial charge is 0.325 e. The lowest BCUT2D eigenvalue weighted by atomic mass is 10.1. The monoisotopic (exact) mass is 413 g/mol. The summed E-state index contributed by atoms with van der Waals surface area (Å²) in [6.45, 7) is 4.78. The maximum Gasteiger partial charge on any atom is 0.322 e. The Morgan fingerprint density at radius 2 is 2.10 bits per heavy atom. The van der Waals surface area contributed by atoms with Gasteiger partial charge in [-0.05, 0) is 24.4 Å². The Balaban J connectivity index is 1.33. The van der Waals surface area contributed by atoms with Crippen molar-refractivity contribution in [2.45, 2.75) is 13.1 Å². The van der Waals surface area contributed by atoms with Crippen LogP contribution >= 0.6 is 0 Å². The number of amides is 2. The summed E-state index contributed by atoms with van der Waals surface area (Å²) >= 11 is 0. The minimum atomic E-state index is -0.0863. The SMILES string of the molecule is CCN(c1nc2[c]cccc2[nH]1)C1CN(C(=O)Nc2cccc3ccccc23)CCN1. The Bertz CT molecular complexity index is 1180. The van der Waals surface area contributed by atoms with Gasteiger partial charge in [-0.25, -0.2) is 9.78 Å². The molecule has 1 unspecified atom stereocenters. The number of carbonyl (C=O) groups excluding carboxylic acids is 1. The van der Waals surface area contributed by atoms with E-state index in [4.69, 9.17) is 0 Å². The van der Waals surface area contributed by atoms with Crippen molar-refractivity contribution >= 4 is 39.5 Å². The Labute approximate surface area is 181 Å². The zero-order valence-electron chi connectivity index (χ0n) is 17.4. The predicted octanol–water partition coefficient (Wildman–Crippen LogP) is 3.81. The molecule has 2 heterocycles. The molecule has 31 heavy (non-hydrogen) atoms. The van der Waals surface area contributed by atoms with Gasteiger partial charge in [0.25, 0.3) is 0 Å². The van der Waals surface area contributed by atoms with Gasteiger partial charge in [0.15, 0.2) is 0 Å². The molecule has 3 aromatic carbocycles. The second-order valence-corrected chi connectivity index (χ2v) is 7.65. The molecule has 1 aliphatic rings. The average molecular weight is 414 g/mol. The van der Waals surface area contributed by atoms with Crippen molar-refractivity contribution in [3.05, 3.63) is 66.7 Å². The third kappa shape index (κ3) is 3.80. The van der Waals surface area contributed by atoms with E-state index in [-0.39, 0.29) is 12.2 Å².